The van der Waals surface area contributed by atoms with Crippen molar-refractivity contribution >= 4 is 34.3 Å². The fourth-order valence-electron chi connectivity index (χ4n) is 4.00. The van der Waals surface area contributed by atoms with E-state index in [2.05, 4.69) is 29.1 Å². The molecule has 1 fully saturated rings. The number of nitrogens with one attached hydrogen (secondary N) is 1. The average Bonchev–Trinajstić information content (AvgIpc) is 3.06. The van der Waals surface area contributed by atoms with Gasteiger partial charge in [-0.05, 0) is 23.6 Å². The van der Waals surface area contributed by atoms with Crippen molar-refractivity contribution in [1.29, 1.82) is 0 Å². The van der Waals surface area contributed by atoms with Crippen LogP contribution in [0, 0.1) is 5.92 Å². The highest BCUT2D eigenvalue weighted by atomic mass is 16.3. The number of nitrogens with zero attached hydrogens (tertiary/aromatic N) is 3. The molecule has 0 saturated carbocycles. The number of nitrogen functional groups attached to an aromatic ring is 1. The Bertz CT molecular complexity index is 1100. The normalized spacial score (nSPS) is 21.6. The molecule has 4 heterocycles. The van der Waals surface area contributed by atoms with Crippen molar-refractivity contribution < 1.29 is 14.3 Å². The smallest absolute Gasteiger partial charge is 0.263 e. The molecule has 164 valence electrons. The number of carbonyl (C=O) groups excluding carboxylic acids is 1. The molecule has 1 saturated heterocycles. The lowest BCUT2D eigenvalue weighted by Crippen LogP contribution is -2.55. The number of carbonyl (C=O) groups is 1. The Morgan fingerprint density at radius 1 is 1.35 bits per heavy atom. The molecule has 3 aromatic heterocycles. The van der Waals surface area contributed by atoms with Crippen LogP contribution in [0.25, 0.3) is 11.1 Å². The quantitative estimate of drug-likeness (QED) is 0.499. The zero-order chi connectivity index (χ0) is 22.3. The van der Waals surface area contributed by atoms with E-state index in [1.807, 2.05) is 24.0 Å². The molecule has 0 aliphatic carbocycles. The number of furan rings is 1. The third-order valence-electron chi connectivity index (χ3n) is 5.82. The van der Waals surface area contributed by atoms with E-state index < -0.39 is 12.0 Å². The highest BCUT2D eigenvalue weighted by Gasteiger charge is 2.32. The third-order valence-corrected chi connectivity index (χ3v) is 5.82. The summed E-state index contributed by atoms with van der Waals surface area (Å²) in [7, 11) is 0. The summed E-state index contributed by atoms with van der Waals surface area (Å²) in [5.74, 6) is -0.142. The second kappa shape index (κ2) is 8.16. The van der Waals surface area contributed by atoms with E-state index in [4.69, 9.17) is 15.9 Å². The number of aliphatic hydroxyl groups excluding tert-OH is 1. The molecular formula is C22H28N6O3. The number of aromatic nitrogens is 2. The van der Waals surface area contributed by atoms with Crippen LogP contribution in [0.15, 0.2) is 35.1 Å². The molecule has 1 aliphatic rings. The van der Waals surface area contributed by atoms with Crippen molar-refractivity contribution in [3.63, 3.8) is 0 Å². The first-order valence-electron chi connectivity index (χ1n) is 10.4. The number of rotatable bonds is 4. The van der Waals surface area contributed by atoms with Gasteiger partial charge in [-0.3, -0.25) is 14.8 Å². The van der Waals surface area contributed by atoms with Crippen LogP contribution in [0.4, 0.5) is 17.3 Å². The summed E-state index contributed by atoms with van der Waals surface area (Å²) in [6.45, 7) is 7.14. The van der Waals surface area contributed by atoms with Gasteiger partial charge in [0, 0.05) is 37.4 Å². The monoisotopic (exact) mass is 424 g/mol. The van der Waals surface area contributed by atoms with Gasteiger partial charge >= 0.3 is 0 Å². The highest BCUT2D eigenvalue weighted by molar-refractivity contribution is 6.15. The van der Waals surface area contributed by atoms with Gasteiger partial charge in [-0.2, -0.15) is 0 Å². The SMILES string of the molecule is CC(C)c1cnc2c(C(=O)Nc3cnccc3N3CC(C)C(O)C(N)C3)c(N)oc2c1. The summed E-state index contributed by atoms with van der Waals surface area (Å²) in [6, 6.07) is 3.29. The molecule has 3 unspecified atom stereocenters. The zero-order valence-electron chi connectivity index (χ0n) is 17.9. The number of amides is 1. The molecule has 9 nitrogen and oxygen atoms in total. The van der Waals surface area contributed by atoms with E-state index in [0.29, 0.717) is 29.9 Å². The molecule has 3 aromatic rings. The number of hydrogen-bond acceptors (Lipinski definition) is 8. The van der Waals surface area contributed by atoms with E-state index in [9.17, 15) is 9.90 Å². The van der Waals surface area contributed by atoms with Crippen molar-refractivity contribution in [2.75, 3.05) is 29.0 Å². The lowest BCUT2D eigenvalue weighted by molar-refractivity contribution is 0.0785. The number of anilines is 3. The Morgan fingerprint density at radius 3 is 2.84 bits per heavy atom. The van der Waals surface area contributed by atoms with Crippen LogP contribution < -0.4 is 21.7 Å². The third kappa shape index (κ3) is 3.94. The van der Waals surface area contributed by atoms with Crippen LogP contribution in [-0.4, -0.2) is 46.2 Å². The van der Waals surface area contributed by atoms with Gasteiger partial charge in [0.2, 0.25) is 5.88 Å². The van der Waals surface area contributed by atoms with Crippen molar-refractivity contribution in [3.8, 4) is 0 Å². The number of nitrogens with two attached hydrogens (primary N) is 2. The Balaban J connectivity index is 1.64. The standard InChI is InChI=1S/C22H28N6O3/c1-11(2)13-6-17-19(26-7-13)18(21(24)31-17)22(30)27-15-8-25-5-4-16(15)28-9-12(3)20(29)14(23)10-28/h4-8,11-12,14,20,29H,9-10,23-24H2,1-3H3,(H,27,30). The van der Waals surface area contributed by atoms with E-state index in [1.165, 1.54) is 0 Å². The van der Waals surface area contributed by atoms with Crippen LogP contribution in [0.1, 0.15) is 42.6 Å². The van der Waals surface area contributed by atoms with Crippen LogP contribution in [0.3, 0.4) is 0 Å². The summed E-state index contributed by atoms with van der Waals surface area (Å²) in [5.41, 5.74) is 15.5. The second-order valence-electron chi connectivity index (χ2n) is 8.50. The fourth-order valence-corrected chi connectivity index (χ4v) is 4.00. The van der Waals surface area contributed by atoms with Crippen LogP contribution in [0.5, 0.6) is 0 Å². The maximum atomic E-state index is 13.1. The van der Waals surface area contributed by atoms with Gasteiger partial charge in [-0.25, -0.2) is 0 Å². The maximum absolute atomic E-state index is 13.1. The number of piperidine rings is 1. The minimum Gasteiger partial charge on any atom is -0.438 e. The largest absolute Gasteiger partial charge is 0.438 e. The Labute approximate surface area is 180 Å². The van der Waals surface area contributed by atoms with Crippen LogP contribution in [-0.2, 0) is 0 Å². The first-order valence-corrected chi connectivity index (χ1v) is 10.4. The Morgan fingerprint density at radius 2 is 2.13 bits per heavy atom. The lowest BCUT2D eigenvalue weighted by atomic mass is 9.92. The topological polar surface area (TPSA) is 144 Å². The van der Waals surface area contributed by atoms with Crippen molar-refractivity contribution in [2.45, 2.75) is 38.8 Å². The van der Waals surface area contributed by atoms with Crippen LogP contribution in [0.2, 0.25) is 0 Å². The van der Waals surface area contributed by atoms with Crippen molar-refractivity contribution in [3.05, 3.63) is 41.9 Å². The maximum Gasteiger partial charge on any atom is 0.263 e. The average molecular weight is 425 g/mol. The lowest BCUT2D eigenvalue weighted by Gasteiger charge is -2.40. The molecule has 6 N–H and O–H groups in total. The van der Waals surface area contributed by atoms with E-state index in [1.54, 1.807) is 18.6 Å². The minimum atomic E-state index is -0.560. The van der Waals surface area contributed by atoms with E-state index in [0.717, 1.165) is 11.3 Å². The number of fused-ring (bicyclic) bond motifs is 1. The summed E-state index contributed by atoms with van der Waals surface area (Å²) < 4.78 is 5.62. The number of aliphatic hydroxyl groups is 1. The van der Waals surface area contributed by atoms with Gasteiger partial charge in [0.05, 0.1) is 23.7 Å². The first-order chi connectivity index (χ1) is 14.8. The van der Waals surface area contributed by atoms with Crippen molar-refractivity contribution in [2.24, 2.45) is 11.7 Å². The molecule has 0 radical (unpaired) electrons. The zero-order valence-corrected chi connectivity index (χ0v) is 17.9. The second-order valence-corrected chi connectivity index (χ2v) is 8.50. The fraction of sp³-hybridized carbons (Fsp3) is 0.409. The first kappa shape index (κ1) is 21.1. The summed E-state index contributed by atoms with van der Waals surface area (Å²) in [6.07, 6.45) is 4.41. The van der Waals surface area contributed by atoms with Gasteiger partial charge in [0.15, 0.2) is 5.58 Å². The molecule has 0 spiro atoms. The van der Waals surface area contributed by atoms with Gasteiger partial charge < -0.3 is 31.2 Å². The van der Waals surface area contributed by atoms with Gasteiger partial charge in [0.25, 0.3) is 5.91 Å². The van der Waals surface area contributed by atoms with Crippen LogP contribution >= 0.6 is 0 Å². The number of pyridine rings is 2. The van der Waals surface area contributed by atoms with Gasteiger partial charge in [-0.1, -0.05) is 20.8 Å². The Hall–Kier alpha value is -3.17. The van der Waals surface area contributed by atoms with E-state index in [-0.39, 0.29) is 29.3 Å². The predicted molar refractivity (Wildman–Crippen MR) is 120 cm³/mol. The molecule has 1 amide bonds. The molecule has 9 heteroatoms. The van der Waals surface area contributed by atoms with Gasteiger partial charge in [0.1, 0.15) is 11.1 Å². The predicted octanol–water partition coefficient (Wildman–Crippen LogP) is 2.32. The number of hydrogen-bond donors (Lipinski definition) is 4. The Kier molecular flexibility index (Phi) is 5.55. The molecule has 0 bridgehead atoms. The molecule has 4 rings (SSSR count). The highest BCUT2D eigenvalue weighted by Crippen LogP contribution is 2.32. The molecule has 1 aliphatic heterocycles. The molecule has 0 aromatic carbocycles. The molecular weight excluding hydrogens is 396 g/mol. The molecule has 31 heavy (non-hydrogen) atoms. The van der Waals surface area contributed by atoms with Gasteiger partial charge in [-0.15, -0.1) is 0 Å². The molecule has 3 atom stereocenters. The van der Waals surface area contributed by atoms with Crippen molar-refractivity contribution in [1.82, 2.24) is 9.97 Å². The summed E-state index contributed by atoms with van der Waals surface area (Å²) in [5, 5.41) is 13.1. The summed E-state index contributed by atoms with van der Waals surface area (Å²) >= 11 is 0. The summed E-state index contributed by atoms with van der Waals surface area (Å²) in [4.78, 5) is 23.8. The minimum absolute atomic E-state index is 0.00622. The van der Waals surface area contributed by atoms with E-state index >= 15 is 0 Å².